The van der Waals surface area contributed by atoms with Crippen LogP contribution in [-0.4, -0.2) is 60.1 Å². The molecule has 0 aromatic rings. The predicted molar refractivity (Wildman–Crippen MR) is 57.9 cm³/mol. The van der Waals surface area contributed by atoms with Gasteiger partial charge in [0.15, 0.2) is 0 Å². The Labute approximate surface area is 90.9 Å². The second kappa shape index (κ2) is 4.10. The summed E-state index contributed by atoms with van der Waals surface area (Å²) in [5, 5.41) is 8.58. The highest BCUT2D eigenvalue weighted by Gasteiger charge is 2.46. The lowest BCUT2D eigenvalue weighted by molar-refractivity contribution is -0.138. The van der Waals surface area contributed by atoms with E-state index in [1.807, 2.05) is 0 Å². The summed E-state index contributed by atoms with van der Waals surface area (Å²) in [6.45, 7) is 8.74. The van der Waals surface area contributed by atoms with Crippen LogP contribution in [0.3, 0.4) is 0 Å². The molecular weight excluding hydrogens is 192 g/mol. The van der Waals surface area contributed by atoms with Crippen LogP contribution in [-0.2, 0) is 4.79 Å². The molecule has 0 aromatic heterocycles. The lowest BCUT2D eigenvalue weighted by atomic mass is 9.79. The minimum atomic E-state index is -0.683. The van der Waals surface area contributed by atoms with E-state index in [0.717, 1.165) is 26.2 Å². The Bertz CT molecular complexity index is 249. The van der Waals surface area contributed by atoms with Crippen molar-refractivity contribution in [3.63, 3.8) is 0 Å². The highest BCUT2D eigenvalue weighted by molar-refractivity contribution is 5.66. The first-order valence-corrected chi connectivity index (χ1v) is 5.80. The van der Waals surface area contributed by atoms with E-state index in [0.29, 0.717) is 5.41 Å². The van der Waals surface area contributed by atoms with Gasteiger partial charge in [0.1, 0.15) is 0 Å². The Balaban J connectivity index is 1.71. The van der Waals surface area contributed by atoms with E-state index in [2.05, 4.69) is 16.7 Å². The summed E-state index contributed by atoms with van der Waals surface area (Å²) in [6.07, 6.45) is 1.58. The van der Waals surface area contributed by atoms with Crippen molar-refractivity contribution in [1.29, 1.82) is 0 Å². The van der Waals surface area contributed by atoms with Gasteiger partial charge >= 0.3 is 5.97 Å². The first-order chi connectivity index (χ1) is 7.13. The average molecular weight is 212 g/mol. The zero-order valence-corrected chi connectivity index (χ0v) is 9.41. The molecule has 86 valence electrons. The third-order valence-corrected chi connectivity index (χ3v) is 3.72. The van der Waals surface area contributed by atoms with Crippen molar-refractivity contribution in [1.82, 2.24) is 9.80 Å². The molecule has 0 radical (unpaired) electrons. The largest absolute Gasteiger partial charge is 0.481 e. The third-order valence-electron chi connectivity index (χ3n) is 3.72. The van der Waals surface area contributed by atoms with Crippen LogP contribution in [0.25, 0.3) is 0 Å². The van der Waals surface area contributed by atoms with E-state index < -0.39 is 5.97 Å². The fraction of sp³-hybridized carbons (Fsp3) is 0.909. The van der Waals surface area contributed by atoms with E-state index in [1.165, 1.54) is 19.5 Å². The topological polar surface area (TPSA) is 43.8 Å². The monoisotopic (exact) mass is 212 g/mol. The van der Waals surface area contributed by atoms with Crippen LogP contribution >= 0.6 is 0 Å². The van der Waals surface area contributed by atoms with Gasteiger partial charge in [0, 0.05) is 31.6 Å². The van der Waals surface area contributed by atoms with Crippen LogP contribution < -0.4 is 0 Å². The van der Waals surface area contributed by atoms with E-state index in [1.54, 1.807) is 0 Å². The highest BCUT2D eigenvalue weighted by atomic mass is 16.4. The Kier molecular flexibility index (Phi) is 2.98. The number of aliphatic carboxylic acids is 1. The van der Waals surface area contributed by atoms with Gasteiger partial charge in [-0.25, -0.2) is 0 Å². The van der Waals surface area contributed by atoms with Gasteiger partial charge in [-0.05, 0) is 19.5 Å². The molecule has 2 saturated heterocycles. The van der Waals surface area contributed by atoms with Crippen molar-refractivity contribution in [2.24, 2.45) is 5.41 Å². The van der Waals surface area contributed by atoms with Crippen LogP contribution in [0.4, 0.5) is 0 Å². The number of nitrogens with zero attached hydrogens (tertiary/aromatic N) is 2. The number of carboxylic acids is 1. The number of likely N-dealkylation sites (tertiary alicyclic amines) is 2. The number of rotatable bonds is 4. The first kappa shape index (κ1) is 10.9. The van der Waals surface area contributed by atoms with Gasteiger partial charge in [0.2, 0.25) is 0 Å². The maximum atomic E-state index is 10.4. The molecule has 1 spiro atoms. The lowest BCUT2D eigenvalue weighted by Crippen LogP contribution is -2.57. The number of hydrogen-bond acceptors (Lipinski definition) is 3. The Hall–Kier alpha value is -0.610. The minimum absolute atomic E-state index is 0.285. The lowest BCUT2D eigenvalue weighted by Gasteiger charge is -2.48. The quantitative estimate of drug-likeness (QED) is 0.736. The summed E-state index contributed by atoms with van der Waals surface area (Å²) in [5.41, 5.74) is 0.508. The second-order valence-electron chi connectivity index (χ2n) is 4.97. The molecule has 0 amide bonds. The fourth-order valence-electron chi connectivity index (χ4n) is 2.87. The zero-order chi connectivity index (χ0) is 10.9. The van der Waals surface area contributed by atoms with Gasteiger partial charge in [-0.3, -0.25) is 4.79 Å². The molecule has 15 heavy (non-hydrogen) atoms. The zero-order valence-electron chi connectivity index (χ0n) is 9.41. The van der Waals surface area contributed by atoms with E-state index in [9.17, 15) is 4.79 Å². The summed E-state index contributed by atoms with van der Waals surface area (Å²) < 4.78 is 0. The maximum Gasteiger partial charge on any atom is 0.304 e. The fourth-order valence-corrected chi connectivity index (χ4v) is 2.87. The van der Waals surface area contributed by atoms with Crippen molar-refractivity contribution >= 4 is 5.97 Å². The van der Waals surface area contributed by atoms with Gasteiger partial charge in [-0.2, -0.15) is 0 Å². The normalized spacial score (nSPS) is 25.7. The number of carbonyl (C=O) groups is 1. The van der Waals surface area contributed by atoms with Crippen LogP contribution in [0.5, 0.6) is 0 Å². The summed E-state index contributed by atoms with van der Waals surface area (Å²) >= 11 is 0. The molecule has 2 fully saturated rings. The van der Waals surface area contributed by atoms with Crippen molar-refractivity contribution < 1.29 is 9.90 Å². The molecule has 0 atom stereocenters. The van der Waals surface area contributed by atoms with Crippen molar-refractivity contribution in [3.8, 4) is 0 Å². The van der Waals surface area contributed by atoms with Gasteiger partial charge in [0.25, 0.3) is 0 Å². The van der Waals surface area contributed by atoms with Gasteiger partial charge in [-0.1, -0.05) is 6.92 Å². The van der Waals surface area contributed by atoms with Gasteiger partial charge in [0.05, 0.1) is 6.42 Å². The molecule has 2 aliphatic rings. The number of hydrogen-bond donors (Lipinski definition) is 1. The Morgan fingerprint density at radius 3 is 2.53 bits per heavy atom. The van der Waals surface area contributed by atoms with Crippen molar-refractivity contribution in [2.45, 2.75) is 19.8 Å². The SMILES string of the molecule is CCN1CCC2(C1)CN(CCC(=O)O)C2. The van der Waals surface area contributed by atoms with Crippen LogP contribution in [0.15, 0.2) is 0 Å². The molecule has 4 nitrogen and oxygen atoms in total. The molecule has 0 aliphatic carbocycles. The van der Waals surface area contributed by atoms with E-state index >= 15 is 0 Å². The van der Waals surface area contributed by atoms with Gasteiger partial charge in [-0.15, -0.1) is 0 Å². The van der Waals surface area contributed by atoms with Crippen LogP contribution in [0.2, 0.25) is 0 Å². The summed E-state index contributed by atoms with van der Waals surface area (Å²) in [5.74, 6) is -0.683. The molecule has 2 heterocycles. The predicted octanol–water partition coefficient (Wildman–Crippen LogP) is 0.489. The van der Waals surface area contributed by atoms with Crippen molar-refractivity contribution in [2.75, 3.05) is 39.3 Å². The molecule has 0 saturated carbocycles. The van der Waals surface area contributed by atoms with E-state index in [-0.39, 0.29) is 6.42 Å². The molecular formula is C11H20N2O2. The molecule has 2 rings (SSSR count). The van der Waals surface area contributed by atoms with Gasteiger partial charge < -0.3 is 14.9 Å². The third kappa shape index (κ3) is 2.32. The average Bonchev–Trinajstić information content (AvgIpc) is 2.56. The molecule has 0 unspecified atom stereocenters. The molecule has 1 N–H and O–H groups in total. The molecule has 4 heteroatoms. The molecule has 0 aromatic carbocycles. The second-order valence-corrected chi connectivity index (χ2v) is 4.97. The summed E-state index contributed by atoms with van der Waals surface area (Å²) in [4.78, 5) is 15.2. The van der Waals surface area contributed by atoms with E-state index in [4.69, 9.17) is 5.11 Å². The van der Waals surface area contributed by atoms with Crippen LogP contribution in [0.1, 0.15) is 19.8 Å². The molecule has 0 bridgehead atoms. The maximum absolute atomic E-state index is 10.4. The Morgan fingerprint density at radius 1 is 1.33 bits per heavy atom. The Morgan fingerprint density at radius 2 is 2.00 bits per heavy atom. The van der Waals surface area contributed by atoms with Crippen molar-refractivity contribution in [3.05, 3.63) is 0 Å². The van der Waals surface area contributed by atoms with Crippen LogP contribution in [0, 0.1) is 5.41 Å². The minimum Gasteiger partial charge on any atom is -0.481 e. The first-order valence-electron chi connectivity index (χ1n) is 5.80. The number of carboxylic acid groups (broad SMARTS) is 1. The standard InChI is InChI=1S/C11H20N2O2/c1-2-12-6-4-11(7-12)8-13(9-11)5-3-10(14)15/h2-9H2,1H3,(H,14,15). The summed E-state index contributed by atoms with van der Waals surface area (Å²) in [6, 6.07) is 0. The highest BCUT2D eigenvalue weighted by Crippen LogP contribution is 2.39. The smallest absolute Gasteiger partial charge is 0.304 e. The molecule has 2 aliphatic heterocycles. The summed E-state index contributed by atoms with van der Waals surface area (Å²) in [7, 11) is 0.